The molecular formula is C24H32N4O5S. The highest BCUT2D eigenvalue weighted by Crippen LogP contribution is 2.33. The standard InChI is InChI=1S/C24H32N4O5S/c1-17-14-19(15-23(18(17)2)34(30,31)25-3)24(29)26-21-5-4-20(27-6-10-32-11-7-27)16-22(21)28-8-12-33-13-9-28/h4-5,14-16,25H,6-13H2,1-3H3,(H,26,29). The molecule has 0 atom stereocenters. The topological polar surface area (TPSA) is 100 Å². The van der Waals surface area contributed by atoms with Crippen molar-refractivity contribution >= 4 is 33.0 Å². The first-order valence-corrected chi connectivity index (χ1v) is 12.9. The number of ether oxygens (including phenoxy) is 2. The van der Waals surface area contributed by atoms with Crippen molar-refractivity contribution in [1.29, 1.82) is 0 Å². The number of hydrogen-bond acceptors (Lipinski definition) is 7. The van der Waals surface area contributed by atoms with Crippen LogP contribution in [-0.2, 0) is 19.5 Å². The summed E-state index contributed by atoms with van der Waals surface area (Å²) >= 11 is 0. The lowest BCUT2D eigenvalue weighted by Gasteiger charge is -2.33. The van der Waals surface area contributed by atoms with Crippen molar-refractivity contribution in [3.05, 3.63) is 47.0 Å². The van der Waals surface area contributed by atoms with Gasteiger partial charge in [0.2, 0.25) is 10.0 Å². The van der Waals surface area contributed by atoms with E-state index in [0.717, 1.165) is 43.1 Å². The molecule has 2 aliphatic rings. The average Bonchev–Trinajstić information content (AvgIpc) is 2.86. The molecule has 0 aromatic heterocycles. The molecule has 2 heterocycles. The SMILES string of the molecule is CNS(=O)(=O)c1cc(C(=O)Nc2ccc(N3CCOCC3)cc2N2CCOCC2)cc(C)c1C. The van der Waals surface area contributed by atoms with Crippen molar-refractivity contribution in [1.82, 2.24) is 4.72 Å². The summed E-state index contributed by atoms with van der Waals surface area (Å²) in [7, 11) is -2.33. The molecule has 2 N–H and O–H groups in total. The number of anilines is 3. The van der Waals surface area contributed by atoms with Crippen LogP contribution in [0.2, 0.25) is 0 Å². The zero-order valence-electron chi connectivity index (χ0n) is 19.9. The van der Waals surface area contributed by atoms with Crippen LogP contribution in [0.25, 0.3) is 0 Å². The number of nitrogens with one attached hydrogen (secondary N) is 2. The van der Waals surface area contributed by atoms with Crippen LogP contribution in [0.15, 0.2) is 35.2 Å². The summed E-state index contributed by atoms with van der Waals surface area (Å²) in [4.78, 5) is 17.9. The van der Waals surface area contributed by atoms with Gasteiger partial charge in [0, 0.05) is 37.4 Å². The van der Waals surface area contributed by atoms with E-state index in [0.29, 0.717) is 43.2 Å². The van der Waals surface area contributed by atoms with Crippen molar-refractivity contribution in [3.8, 4) is 0 Å². The van der Waals surface area contributed by atoms with E-state index in [1.165, 1.54) is 13.1 Å². The zero-order chi connectivity index (χ0) is 24.3. The van der Waals surface area contributed by atoms with Gasteiger partial charge in [-0.1, -0.05) is 0 Å². The van der Waals surface area contributed by atoms with Gasteiger partial charge in [0.15, 0.2) is 0 Å². The summed E-state index contributed by atoms with van der Waals surface area (Å²) < 4.78 is 38.3. The Labute approximate surface area is 201 Å². The molecule has 4 rings (SSSR count). The van der Waals surface area contributed by atoms with Gasteiger partial charge >= 0.3 is 0 Å². The molecule has 0 bridgehead atoms. The summed E-state index contributed by atoms with van der Waals surface area (Å²) in [5.74, 6) is -0.357. The number of sulfonamides is 1. The predicted octanol–water partition coefficient (Wildman–Crippen LogP) is 2.14. The molecule has 2 aliphatic heterocycles. The van der Waals surface area contributed by atoms with Crippen molar-refractivity contribution in [2.24, 2.45) is 0 Å². The number of hydrogen-bond donors (Lipinski definition) is 2. The third-order valence-corrected chi connectivity index (χ3v) is 7.94. The molecule has 0 aliphatic carbocycles. The maximum Gasteiger partial charge on any atom is 0.255 e. The predicted molar refractivity (Wildman–Crippen MR) is 133 cm³/mol. The summed E-state index contributed by atoms with van der Waals surface area (Å²) in [5.41, 5.74) is 4.33. The molecular weight excluding hydrogens is 456 g/mol. The van der Waals surface area contributed by atoms with Gasteiger partial charge in [-0.05, 0) is 62.4 Å². The van der Waals surface area contributed by atoms with E-state index in [9.17, 15) is 13.2 Å². The van der Waals surface area contributed by atoms with Gasteiger partial charge < -0.3 is 24.6 Å². The highest BCUT2D eigenvalue weighted by Gasteiger charge is 2.22. The maximum atomic E-state index is 13.3. The fourth-order valence-corrected chi connectivity index (χ4v) is 5.32. The first-order chi connectivity index (χ1) is 16.3. The lowest BCUT2D eigenvalue weighted by molar-refractivity contribution is 0.102. The number of rotatable bonds is 6. The van der Waals surface area contributed by atoms with E-state index in [1.54, 1.807) is 19.9 Å². The summed E-state index contributed by atoms with van der Waals surface area (Å²) in [6.07, 6.45) is 0. The Morgan fingerprint density at radius 2 is 1.53 bits per heavy atom. The number of carbonyl (C=O) groups excluding carboxylic acids is 1. The maximum absolute atomic E-state index is 13.3. The number of benzene rings is 2. The minimum Gasteiger partial charge on any atom is -0.378 e. The zero-order valence-corrected chi connectivity index (χ0v) is 20.7. The van der Waals surface area contributed by atoms with E-state index in [-0.39, 0.29) is 10.8 Å². The van der Waals surface area contributed by atoms with Crippen molar-refractivity contribution in [2.45, 2.75) is 18.7 Å². The van der Waals surface area contributed by atoms with Crippen LogP contribution in [0, 0.1) is 13.8 Å². The fraction of sp³-hybridized carbons (Fsp3) is 0.458. The molecule has 1 amide bonds. The van der Waals surface area contributed by atoms with Gasteiger partial charge in [0.05, 0.1) is 42.7 Å². The van der Waals surface area contributed by atoms with Crippen LogP contribution in [0.3, 0.4) is 0 Å². The van der Waals surface area contributed by atoms with Crippen molar-refractivity contribution in [3.63, 3.8) is 0 Å². The lowest BCUT2D eigenvalue weighted by Crippen LogP contribution is -2.38. The largest absolute Gasteiger partial charge is 0.378 e. The summed E-state index contributed by atoms with van der Waals surface area (Å²) in [5, 5.41) is 3.02. The van der Waals surface area contributed by atoms with Crippen LogP contribution in [-0.4, -0.2) is 74.0 Å². The number of aryl methyl sites for hydroxylation is 1. The second kappa shape index (κ2) is 10.3. The average molecular weight is 489 g/mol. The van der Waals surface area contributed by atoms with Crippen LogP contribution in [0.5, 0.6) is 0 Å². The fourth-order valence-electron chi connectivity index (χ4n) is 4.25. The third-order valence-electron chi connectivity index (χ3n) is 6.40. The third kappa shape index (κ3) is 5.20. The Hall–Kier alpha value is -2.66. The van der Waals surface area contributed by atoms with Gasteiger partial charge in [-0.15, -0.1) is 0 Å². The molecule has 2 aromatic rings. The Bertz CT molecular complexity index is 1160. The van der Waals surface area contributed by atoms with Gasteiger partial charge in [-0.25, -0.2) is 13.1 Å². The van der Waals surface area contributed by atoms with E-state index < -0.39 is 10.0 Å². The summed E-state index contributed by atoms with van der Waals surface area (Å²) in [6.45, 7) is 9.26. The Morgan fingerprint density at radius 1 is 0.912 bits per heavy atom. The summed E-state index contributed by atoms with van der Waals surface area (Å²) in [6, 6.07) is 9.17. The first kappa shape index (κ1) is 24.5. The number of amides is 1. The second-order valence-corrected chi connectivity index (χ2v) is 10.3. The molecule has 9 nitrogen and oxygen atoms in total. The second-order valence-electron chi connectivity index (χ2n) is 8.48. The number of morpholine rings is 2. The number of nitrogens with zero attached hydrogens (tertiary/aromatic N) is 2. The molecule has 2 saturated heterocycles. The van der Waals surface area contributed by atoms with Crippen molar-refractivity contribution < 1.29 is 22.7 Å². The minimum absolute atomic E-state index is 0.108. The minimum atomic E-state index is -3.69. The quantitative estimate of drug-likeness (QED) is 0.643. The van der Waals surface area contributed by atoms with Gasteiger partial charge in [0.25, 0.3) is 5.91 Å². The smallest absolute Gasteiger partial charge is 0.255 e. The van der Waals surface area contributed by atoms with E-state index in [2.05, 4.69) is 25.9 Å². The molecule has 0 spiro atoms. The van der Waals surface area contributed by atoms with E-state index >= 15 is 0 Å². The molecule has 0 radical (unpaired) electrons. The van der Waals surface area contributed by atoms with E-state index in [1.807, 2.05) is 12.1 Å². The Kier molecular flexibility index (Phi) is 7.42. The normalized spacial score (nSPS) is 17.0. The van der Waals surface area contributed by atoms with E-state index in [4.69, 9.17) is 9.47 Å². The molecule has 2 aromatic carbocycles. The lowest BCUT2D eigenvalue weighted by atomic mass is 10.1. The molecule has 184 valence electrons. The Balaban J connectivity index is 1.67. The van der Waals surface area contributed by atoms with Gasteiger partial charge in [-0.2, -0.15) is 0 Å². The Morgan fingerprint density at radius 3 is 2.15 bits per heavy atom. The number of carbonyl (C=O) groups is 1. The van der Waals surface area contributed by atoms with Crippen LogP contribution >= 0.6 is 0 Å². The molecule has 0 unspecified atom stereocenters. The van der Waals surface area contributed by atoms with Crippen LogP contribution in [0.4, 0.5) is 17.1 Å². The monoisotopic (exact) mass is 488 g/mol. The molecule has 0 saturated carbocycles. The highest BCUT2D eigenvalue weighted by molar-refractivity contribution is 7.89. The van der Waals surface area contributed by atoms with Gasteiger partial charge in [0.1, 0.15) is 0 Å². The first-order valence-electron chi connectivity index (χ1n) is 11.5. The van der Waals surface area contributed by atoms with Crippen LogP contribution in [0.1, 0.15) is 21.5 Å². The van der Waals surface area contributed by atoms with Gasteiger partial charge in [-0.3, -0.25) is 4.79 Å². The highest BCUT2D eigenvalue weighted by atomic mass is 32.2. The molecule has 34 heavy (non-hydrogen) atoms. The molecule has 2 fully saturated rings. The van der Waals surface area contributed by atoms with Crippen molar-refractivity contribution in [2.75, 3.05) is 74.8 Å². The molecule has 10 heteroatoms. The van der Waals surface area contributed by atoms with Crippen LogP contribution < -0.4 is 19.8 Å².